The van der Waals surface area contributed by atoms with Gasteiger partial charge in [0.05, 0.1) is 17.2 Å². The third-order valence-electron chi connectivity index (χ3n) is 4.79. The molecule has 2 aromatic rings. The number of nitro groups is 1. The summed E-state index contributed by atoms with van der Waals surface area (Å²) in [6.07, 6.45) is 0.480. The van der Waals surface area contributed by atoms with Crippen molar-refractivity contribution in [1.29, 1.82) is 0 Å². The van der Waals surface area contributed by atoms with E-state index < -0.39 is 23.0 Å². The standard InChI is InChI=1S/C21H22N4O6/c26-20(27)18-7-4-12-24(18)19(23-16-8-10-17(11-9-16)25(29)30)13-22-21(28)31-14-15-5-2-1-3-6-15/h1-3,5-6,8-11,18H,4,7,12-14H2,(H,22,28)(H,26,27)/t18-/m0/s1. The monoisotopic (exact) mass is 426 g/mol. The number of nitrogens with one attached hydrogen (secondary N) is 1. The second-order valence-electron chi connectivity index (χ2n) is 6.91. The molecule has 0 bridgehead atoms. The molecule has 0 saturated carbocycles. The van der Waals surface area contributed by atoms with E-state index in [1.54, 1.807) is 4.90 Å². The number of carbonyl (C=O) groups is 2. The zero-order valence-electron chi connectivity index (χ0n) is 16.6. The molecule has 1 aliphatic heterocycles. The number of carboxylic acids is 1. The number of ether oxygens (including phenoxy) is 1. The molecule has 0 aliphatic carbocycles. The summed E-state index contributed by atoms with van der Waals surface area (Å²) in [5.74, 6) is -0.629. The smallest absolute Gasteiger partial charge is 0.407 e. The Hall–Kier alpha value is -3.95. The molecule has 31 heavy (non-hydrogen) atoms. The van der Waals surface area contributed by atoms with Crippen LogP contribution in [0.5, 0.6) is 0 Å². The van der Waals surface area contributed by atoms with Crippen molar-refractivity contribution in [2.75, 3.05) is 13.1 Å². The second-order valence-corrected chi connectivity index (χ2v) is 6.91. The molecule has 1 fully saturated rings. The van der Waals surface area contributed by atoms with Gasteiger partial charge in [-0.3, -0.25) is 10.1 Å². The van der Waals surface area contributed by atoms with Crippen LogP contribution >= 0.6 is 0 Å². The summed E-state index contributed by atoms with van der Waals surface area (Å²) >= 11 is 0. The van der Waals surface area contributed by atoms with Gasteiger partial charge in [0.15, 0.2) is 0 Å². The molecule has 162 valence electrons. The third kappa shape index (κ3) is 6.01. The van der Waals surface area contributed by atoms with Crippen molar-refractivity contribution in [3.05, 3.63) is 70.3 Å². The van der Waals surface area contributed by atoms with E-state index in [2.05, 4.69) is 10.3 Å². The maximum atomic E-state index is 12.1. The predicted octanol–water partition coefficient (Wildman–Crippen LogP) is 3.10. The van der Waals surface area contributed by atoms with Crippen LogP contribution in [0.3, 0.4) is 0 Å². The average Bonchev–Trinajstić information content (AvgIpc) is 3.26. The zero-order valence-corrected chi connectivity index (χ0v) is 16.6. The number of rotatable bonds is 7. The van der Waals surface area contributed by atoms with Crippen molar-refractivity contribution in [2.45, 2.75) is 25.5 Å². The number of carbonyl (C=O) groups excluding carboxylic acids is 1. The summed E-state index contributed by atoms with van der Waals surface area (Å²) in [4.78, 5) is 40.1. The van der Waals surface area contributed by atoms with Gasteiger partial charge in [-0.05, 0) is 30.5 Å². The van der Waals surface area contributed by atoms with E-state index in [0.717, 1.165) is 5.56 Å². The first-order valence-corrected chi connectivity index (χ1v) is 9.70. The summed E-state index contributed by atoms with van der Waals surface area (Å²) in [5.41, 5.74) is 1.17. The Morgan fingerprint density at radius 1 is 1.19 bits per heavy atom. The quantitative estimate of drug-likeness (QED) is 0.301. The minimum absolute atomic E-state index is 0.0472. The Bertz CT molecular complexity index is 962. The highest BCUT2D eigenvalue weighted by Crippen LogP contribution is 2.22. The van der Waals surface area contributed by atoms with Crippen molar-refractivity contribution in [1.82, 2.24) is 10.2 Å². The molecule has 1 heterocycles. The minimum Gasteiger partial charge on any atom is -0.480 e. The van der Waals surface area contributed by atoms with Gasteiger partial charge in [-0.2, -0.15) is 0 Å². The van der Waals surface area contributed by atoms with E-state index in [9.17, 15) is 24.8 Å². The van der Waals surface area contributed by atoms with Gasteiger partial charge in [-0.25, -0.2) is 14.6 Å². The van der Waals surface area contributed by atoms with Gasteiger partial charge in [0.25, 0.3) is 5.69 Å². The number of non-ortho nitro benzene ring substituents is 1. The largest absolute Gasteiger partial charge is 0.480 e. The van der Waals surface area contributed by atoms with Crippen molar-refractivity contribution >= 4 is 29.3 Å². The van der Waals surface area contributed by atoms with Crippen LogP contribution < -0.4 is 5.32 Å². The van der Waals surface area contributed by atoms with Crippen LogP contribution in [-0.4, -0.2) is 52.0 Å². The first-order valence-electron chi connectivity index (χ1n) is 9.70. The van der Waals surface area contributed by atoms with E-state index in [1.807, 2.05) is 30.3 Å². The highest BCUT2D eigenvalue weighted by Gasteiger charge is 2.32. The van der Waals surface area contributed by atoms with E-state index in [-0.39, 0.29) is 18.8 Å². The maximum absolute atomic E-state index is 12.1. The fraction of sp³-hybridized carbons (Fsp3) is 0.286. The first kappa shape index (κ1) is 21.8. The Morgan fingerprint density at radius 2 is 1.90 bits per heavy atom. The topological polar surface area (TPSA) is 134 Å². The summed E-state index contributed by atoms with van der Waals surface area (Å²) in [6, 6.07) is 14.0. The molecule has 1 aliphatic rings. The molecule has 0 spiro atoms. The Labute approximate surface area is 178 Å². The molecule has 1 saturated heterocycles. The van der Waals surface area contributed by atoms with Crippen LogP contribution in [0.15, 0.2) is 59.6 Å². The highest BCUT2D eigenvalue weighted by atomic mass is 16.6. The maximum Gasteiger partial charge on any atom is 0.407 e. The first-order chi connectivity index (χ1) is 14.9. The molecule has 0 unspecified atom stereocenters. The molecular weight excluding hydrogens is 404 g/mol. The highest BCUT2D eigenvalue weighted by molar-refractivity contribution is 5.92. The van der Waals surface area contributed by atoms with Crippen LogP contribution in [0, 0.1) is 10.1 Å². The lowest BCUT2D eigenvalue weighted by Gasteiger charge is -2.25. The average molecular weight is 426 g/mol. The number of alkyl carbamates (subject to hydrolysis) is 1. The number of amides is 1. The SMILES string of the molecule is O=C(NCC(=Nc1ccc([N+](=O)[O-])cc1)N1CCC[C@H]1C(=O)O)OCc1ccccc1. The summed E-state index contributed by atoms with van der Waals surface area (Å²) in [7, 11) is 0. The number of nitro benzene ring substituents is 1. The van der Waals surface area contributed by atoms with Gasteiger partial charge in [0.2, 0.25) is 0 Å². The van der Waals surface area contributed by atoms with E-state index in [0.29, 0.717) is 30.9 Å². The van der Waals surface area contributed by atoms with Crippen molar-refractivity contribution in [2.24, 2.45) is 4.99 Å². The third-order valence-corrected chi connectivity index (χ3v) is 4.79. The molecular formula is C21H22N4O6. The molecule has 0 radical (unpaired) electrons. The number of nitrogens with zero attached hydrogens (tertiary/aromatic N) is 3. The van der Waals surface area contributed by atoms with E-state index in [4.69, 9.17) is 4.74 Å². The lowest BCUT2D eigenvalue weighted by molar-refractivity contribution is -0.384. The van der Waals surface area contributed by atoms with Gasteiger partial charge in [-0.15, -0.1) is 0 Å². The van der Waals surface area contributed by atoms with Crippen LogP contribution in [-0.2, 0) is 16.1 Å². The Kier molecular flexibility index (Phi) is 7.15. The van der Waals surface area contributed by atoms with Crippen molar-refractivity contribution in [3.63, 3.8) is 0 Å². The molecule has 0 aromatic heterocycles. The van der Waals surface area contributed by atoms with Gasteiger partial charge in [0.1, 0.15) is 18.5 Å². The van der Waals surface area contributed by atoms with E-state index >= 15 is 0 Å². The lowest BCUT2D eigenvalue weighted by atomic mass is 10.2. The summed E-state index contributed by atoms with van der Waals surface area (Å²) in [6.45, 7) is 0.529. The van der Waals surface area contributed by atoms with E-state index in [1.165, 1.54) is 24.3 Å². The summed E-state index contributed by atoms with van der Waals surface area (Å²) < 4.78 is 5.19. The minimum atomic E-state index is -0.972. The second kappa shape index (κ2) is 10.2. The number of benzene rings is 2. The Balaban J connectivity index is 1.71. The van der Waals surface area contributed by atoms with Crippen molar-refractivity contribution < 1.29 is 24.4 Å². The predicted molar refractivity (Wildman–Crippen MR) is 112 cm³/mol. The fourth-order valence-electron chi connectivity index (χ4n) is 3.26. The molecule has 10 heteroatoms. The normalized spacial score (nSPS) is 16.1. The number of hydrogen-bond donors (Lipinski definition) is 2. The van der Waals surface area contributed by atoms with Crippen LogP contribution in [0.25, 0.3) is 0 Å². The van der Waals surface area contributed by atoms with Crippen LogP contribution in [0.4, 0.5) is 16.2 Å². The molecule has 2 N–H and O–H groups in total. The number of aliphatic imine (C=N–C) groups is 1. The molecule has 3 rings (SSSR count). The number of likely N-dealkylation sites (tertiary alicyclic amines) is 1. The zero-order chi connectivity index (χ0) is 22.2. The summed E-state index contributed by atoms with van der Waals surface area (Å²) in [5, 5.41) is 22.9. The van der Waals surface area contributed by atoms with Crippen LogP contribution in [0.2, 0.25) is 0 Å². The fourth-order valence-corrected chi connectivity index (χ4v) is 3.26. The molecule has 10 nitrogen and oxygen atoms in total. The number of aliphatic carboxylic acids is 1. The number of amidine groups is 1. The van der Waals surface area contributed by atoms with Gasteiger partial charge >= 0.3 is 12.1 Å². The number of carboxylic acid groups (broad SMARTS) is 1. The van der Waals surface area contributed by atoms with Crippen LogP contribution in [0.1, 0.15) is 18.4 Å². The molecule has 2 aromatic carbocycles. The van der Waals surface area contributed by atoms with Gasteiger partial charge in [-0.1, -0.05) is 30.3 Å². The number of hydrogen-bond acceptors (Lipinski definition) is 6. The molecule has 1 atom stereocenters. The van der Waals surface area contributed by atoms with Gasteiger partial charge < -0.3 is 20.1 Å². The lowest BCUT2D eigenvalue weighted by Crippen LogP contribution is -2.45. The van der Waals surface area contributed by atoms with Crippen molar-refractivity contribution in [3.8, 4) is 0 Å². The van der Waals surface area contributed by atoms with Gasteiger partial charge in [0, 0.05) is 18.7 Å². The Morgan fingerprint density at radius 3 is 2.55 bits per heavy atom. The molecule has 1 amide bonds.